The van der Waals surface area contributed by atoms with Crippen LogP contribution in [-0.2, 0) is 11.2 Å². The van der Waals surface area contributed by atoms with Crippen molar-refractivity contribution in [2.45, 2.75) is 58.1 Å². The average molecular weight is 357 g/mol. The standard InChI is InChI=1S/C21H31N3O2/c1-21(2,3)26-20(25)24-13-7-6-8-17(15-24)22-12-11-16-14-23-19-10-5-4-9-18(16)19/h4-5,9-10,14,17,22-23H,6-8,11-13,15H2,1-3H3/t17-/m1/s1. The van der Waals surface area contributed by atoms with E-state index in [-0.39, 0.29) is 6.09 Å². The van der Waals surface area contributed by atoms with Crippen molar-refractivity contribution in [2.24, 2.45) is 0 Å². The molecular formula is C21H31N3O2. The summed E-state index contributed by atoms with van der Waals surface area (Å²) in [4.78, 5) is 17.6. The van der Waals surface area contributed by atoms with Gasteiger partial charge in [-0.15, -0.1) is 0 Å². The molecular weight excluding hydrogens is 326 g/mol. The minimum atomic E-state index is -0.443. The van der Waals surface area contributed by atoms with E-state index in [0.29, 0.717) is 6.04 Å². The van der Waals surface area contributed by atoms with Crippen molar-refractivity contribution < 1.29 is 9.53 Å². The number of H-pyrrole nitrogens is 1. The number of likely N-dealkylation sites (tertiary alicyclic amines) is 1. The van der Waals surface area contributed by atoms with Gasteiger partial charge in [-0.25, -0.2) is 4.79 Å². The summed E-state index contributed by atoms with van der Waals surface area (Å²) in [5.74, 6) is 0. The van der Waals surface area contributed by atoms with E-state index in [1.807, 2.05) is 25.7 Å². The Kier molecular flexibility index (Phi) is 5.87. The van der Waals surface area contributed by atoms with Gasteiger partial charge in [0.25, 0.3) is 0 Å². The van der Waals surface area contributed by atoms with Gasteiger partial charge in [-0.05, 0) is 58.2 Å². The van der Waals surface area contributed by atoms with E-state index >= 15 is 0 Å². The molecule has 0 aliphatic carbocycles. The van der Waals surface area contributed by atoms with Crippen LogP contribution < -0.4 is 5.32 Å². The predicted octanol–water partition coefficient (Wildman–Crippen LogP) is 4.09. The number of hydrogen-bond acceptors (Lipinski definition) is 3. The van der Waals surface area contributed by atoms with E-state index in [1.54, 1.807) is 0 Å². The Morgan fingerprint density at radius 1 is 1.31 bits per heavy atom. The Balaban J connectivity index is 1.53. The molecule has 2 heterocycles. The number of aromatic nitrogens is 1. The normalized spacial score (nSPS) is 18.7. The van der Waals surface area contributed by atoms with Crippen molar-refractivity contribution in [3.63, 3.8) is 0 Å². The molecule has 0 unspecified atom stereocenters. The smallest absolute Gasteiger partial charge is 0.410 e. The summed E-state index contributed by atoms with van der Waals surface area (Å²) in [5, 5.41) is 4.95. The van der Waals surface area contributed by atoms with Crippen LogP contribution in [0.15, 0.2) is 30.5 Å². The highest BCUT2D eigenvalue weighted by molar-refractivity contribution is 5.83. The van der Waals surface area contributed by atoms with Crippen LogP contribution in [0.5, 0.6) is 0 Å². The molecule has 0 spiro atoms. The van der Waals surface area contributed by atoms with Crippen LogP contribution in [0.4, 0.5) is 4.79 Å². The quantitative estimate of drug-likeness (QED) is 0.866. The van der Waals surface area contributed by atoms with E-state index in [0.717, 1.165) is 45.3 Å². The van der Waals surface area contributed by atoms with Crippen LogP contribution >= 0.6 is 0 Å². The van der Waals surface area contributed by atoms with E-state index in [9.17, 15) is 4.79 Å². The van der Waals surface area contributed by atoms with Gasteiger partial charge in [-0.1, -0.05) is 24.6 Å². The lowest BCUT2D eigenvalue weighted by Crippen LogP contribution is -2.44. The lowest BCUT2D eigenvalue weighted by molar-refractivity contribution is 0.0244. The molecule has 5 heteroatoms. The first-order chi connectivity index (χ1) is 12.4. The van der Waals surface area contributed by atoms with Crippen molar-refractivity contribution in [1.82, 2.24) is 15.2 Å². The monoisotopic (exact) mass is 357 g/mol. The van der Waals surface area contributed by atoms with Gasteiger partial charge in [-0.2, -0.15) is 0 Å². The molecule has 1 aliphatic heterocycles. The maximum atomic E-state index is 12.4. The Bertz CT molecular complexity index is 732. The molecule has 1 fully saturated rings. The van der Waals surface area contributed by atoms with Crippen molar-refractivity contribution in [3.05, 3.63) is 36.0 Å². The molecule has 0 bridgehead atoms. The van der Waals surface area contributed by atoms with Crippen LogP contribution in [0.2, 0.25) is 0 Å². The summed E-state index contributed by atoms with van der Waals surface area (Å²) in [6, 6.07) is 8.73. The second-order valence-corrected chi connectivity index (χ2v) is 8.18. The molecule has 1 aliphatic rings. The summed E-state index contributed by atoms with van der Waals surface area (Å²) >= 11 is 0. The second kappa shape index (κ2) is 8.12. The first-order valence-electron chi connectivity index (χ1n) is 9.69. The SMILES string of the molecule is CC(C)(C)OC(=O)N1CCCC[C@@H](NCCc2c[nH]c3ccccc23)C1. The number of carbonyl (C=O) groups is 1. The lowest BCUT2D eigenvalue weighted by atomic mass is 10.1. The number of ether oxygens (including phenoxy) is 1. The van der Waals surface area contributed by atoms with Gasteiger partial charge in [0, 0.05) is 36.2 Å². The fourth-order valence-electron chi connectivity index (χ4n) is 3.55. The van der Waals surface area contributed by atoms with Gasteiger partial charge in [-0.3, -0.25) is 0 Å². The van der Waals surface area contributed by atoms with E-state index < -0.39 is 5.60 Å². The number of carbonyl (C=O) groups excluding carboxylic acids is 1. The number of amides is 1. The highest BCUT2D eigenvalue weighted by atomic mass is 16.6. The van der Waals surface area contributed by atoms with Crippen molar-refractivity contribution in [2.75, 3.05) is 19.6 Å². The molecule has 1 aromatic heterocycles. The van der Waals surface area contributed by atoms with Crippen LogP contribution in [0.1, 0.15) is 45.6 Å². The first-order valence-corrected chi connectivity index (χ1v) is 9.69. The van der Waals surface area contributed by atoms with Crippen molar-refractivity contribution in [3.8, 4) is 0 Å². The maximum Gasteiger partial charge on any atom is 0.410 e. The third-order valence-corrected chi connectivity index (χ3v) is 4.83. The number of rotatable bonds is 4. The summed E-state index contributed by atoms with van der Waals surface area (Å²) in [6.45, 7) is 8.17. The highest BCUT2D eigenvalue weighted by Gasteiger charge is 2.26. The van der Waals surface area contributed by atoms with Crippen LogP contribution in [0.25, 0.3) is 10.9 Å². The lowest BCUT2D eigenvalue weighted by Gasteiger charge is -2.28. The van der Waals surface area contributed by atoms with Crippen molar-refractivity contribution in [1.29, 1.82) is 0 Å². The molecule has 2 aromatic rings. The molecule has 142 valence electrons. The zero-order valence-corrected chi connectivity index (χ0v) is 16.2. The van der Waals surface area contributed by atoms with Gasteiger partial charge in [0.05, 0.1) is 0 Å². The summed E-state index contributed by atoms with van der Waals surface area (Å²) in [5.41, 5.74) is 2.08. The predicted molar refractivity (Wildman–Crippen MR) is 105 cm³/mol. The molecule has 2 N–H and O–H groups in total. The third kappa shape index (κ3) is 5.01. The summed E-state index contributed by atoms with van der Waals surface area (Å²) in [7, 11) is 0. The third-order valence-electron chi connectivity index (χ3n) is 4.83. The molecule has 0 radical (unpaired) electrons. The number of nitrogens with zero attached hydrogens (tertiary/aromatic N) is 1. The molecule has 1 saturated heterocycles. The maximum absolute atomic E-state index is 12.4. The molecule has 1 aromatic carbocycles. The fraction of sp³-hybridized carbons (Fsp3) is 0.571. The second-order valence-electron chi connectivity index (χ2n) is 8.18. The Morgan fingerprint density at radius 3 is 2.92 bits per heavy atom. The molecule has 1 amide bonds. The van der Waals surface area contributed by atoms with E-state index in [2.05, 4.69) is 40.8 Å². The van der Waals surface area contributed by atoms with Gasteiger partial charge >= 0.3 is 6.09 Å². The minimum absolute atomic E-state index is 0.192. The van der Waals surface area contributed by atoms with Gasteiger partial charge in [0.2, 0.25) is 0 Å². The molecule has 26 heavy (non-hydrogen) atoms. The van der Waals surface area contributed by atoms with Crippen LogP contribution in [0, 0.1) is 0 Å². The molecule has 1 atom stereocenters. The molecule has 3 rings (SSSR count). The van der Waals surface area contributed by atoms with Crippen molar-refractivity contribution >= 4 is 17.0 Å². The Morgan fingerprint density at radius 2 is 2.12 bits per heavy atom. The van der Waals surface area contributed by atoms with Gasteiger partial charge in [0.15, 0.2) is 0 Å². The number of aromatic amines is 1. The summed E-state index contributed by atoms with van der Waals surface area (Å²) < 4.78 is 5.55. The van der Waals surface area contributed by atoms with E-state index in [4.69, 9.17) is 4.74 Å². The number of benzene rings is 1. The fourth-order valence-corrected chi connectivity index (χ4v) is 3.55. The highest BCUT2D eigenvalue weighted by Crippen LogP contribution is 2.18. The zero-order chi connectivity index (χ0) is 18.6. The summed E-state index contributed by atoms with van der Waals surface area (Å²) in [6.07, 6.45) is 6.18. The molecule has 5 nitrogen and oxygen atoms in total. The van der Waals surface area contributed by atoms with E-state index in [1.165, 1.54) is 16.5 Å². The first kappa shape index (κ1) is 18.8. The number of nitrogens with one attached hydrogen (secondary N) is 2. The number of para-hydroxylation sites is 1. The largest absolute Gasteiger partial charge is 0.444 e. The minimum Gasteiger partial charge on any atom is -0.444 e. The van der Waals surface area contributed by atoms with Gasteiger partial charge in [0.1, 0.15) is 5.60 Å². The average Bonchev–Trinajstić information content (AvgIpc) is 2.83. The van der Waals surface area contributed by atoms with Crippen LogP contribution in [0.3, 0.4) is 0 Å². The van der Waals surface area contributed by atoms with Crippen LogP contribution in [-0.4, -0.2) is 47.3 Å². The zero-order valence-electron chi connectivity index (χ0n) is 16.2. The Hall–Kier alpha value is -2.01. The topological polar surface area (TPSA) is 57.4 Å². The number of hydrogen-bond donors (Lipinski definition) is 2. The molecule has 0 saturated carbocycles. The van der Waals surface area contributed by atoms with Gasteiger partial charge < -0.3 is 19.9 Å². The number of fused-ring (bicyclic) bond motifs is 1. The Labute approximate surface area is 156 Å².